The van der Waals surface area contributed by atoms with Crippen molar-refractivity contribution < 1.29 is 89.3 Å². The number of amides is 7. The van der Waals surface area contributed by atoms with Crippen LogP contribution in [0, 0.1) is 23.7 Å². The molecule has 0 bridgehead atoms. The first kappa shape index (κ1) is 103. The average molecular weight is 1850 g/mol. The van der Waals surface area contributed by atoms with Gasteiger partial charge in [0.05, 0.1) is 50.4 Å². The third-order valence-electron chi connectivity index (χ3n) is 22.4. The third kappa shape index (κ3) is 33.0. The SMILES string of the molecule is CCOC(=O)[C@@H]1CCCC[C@H]1N1CCN(C(=O)C(Cc2ccc(Cl)cc2Cl)NC(=O)C(CCO)NC(=O)OC(C)(C)C)CC1.CCOC(=O)[C@@H]1CCCC[C@H]1N1CCN(C(=O)C(Cc2ccc(Cl)cc2Cl)NC(=O)C(CCOS(C)(=O)=O)NC(=O)OC(C)(C)C)CC1.CCOC(=O)[C@@H]1CCCC[C@H]1N1CCN(C(=O)[C@H](C)Cc2ccc(Cl)cc2Cl)CC1. The van der Waals surface area contributed by atoms with Gasteiger partial charge >= 0.3 is 30.1 Å². The van der Waals surface area contributed by atoms with Gasteiger partial charge in [0.1, 0.15) is 35.4 Å². The van der Waals surface area contributed by atoms with Crippen molar-refractivity contribution in [2.75, 3.05) is 118 Å². The number of carbonyl (C=O) groups is 10. The van der Waals surface area contributed by atoms with E-state index < -0.39 is 76.1 Å². The van der Waals surface area contributed by atoms with Crippen molar-refractivity contribution >= 4 is 139 Å². The number of ether oxygens (including phenoxy) is 5. The van der Waals surface area contributed by atoms with E-state index in [9.17, 15) is 61.5 Å². The maximum Gasteiger partial charge on any atom is 0.408 e. The van der Waals surface area contributed by atoms with E-state index in [-0.39, 0.29) is 110 Å². The van der Waals surface area contributed by atoms with Crippen LogP contribution in [-0.2, 0) is 95.6 Å². The molecule has 0 aromatic heterocycles. The van der Waals surface area contributed by atoms with E-state index in [0.717, 1.165) is 102 Å². The molecular weight excluding hydrogens is 1720 g/mol. The fourth-order valence-corrected chi connectivity index (χ4v) is 18.4. The molecule has 29 nitrogen and oxygen atoms in total. The molecule has 6 fully saturated rings. The number of piperazine rings is 3. The lowest BCUT2D eigenvalue weighted by Gasteiger charge is -2.44. The molecule has 3 aromatic rings. The number of nitrogens with zero attached hydrogens (tertiary/aromatic N) is 6. The summed E-state index contributed by atoms with van der Waals surface area (Å²) in [6, 6.07) is 11.0. The van der Waals surface area contributed by atoms with Crippen molar-refractivity contribution in [1.29, 1.82) is 0 Å². The number of aliphatic hydroxyl groups is 1. The van der Waals surface area contributed by atoms with Gasteiger partial charge in [0.2, 0.25) is 29.5 Å². The number of halogens is 6. The second-order valence-electron chi connectivity index (χ2n) is 33.8. The molecule has 0 spiro atoms. The highest BCUT2D eigenvalue weighted by Gasteiger charge is 2.43. The molecule has 122 heavy (non-hydrogen) atoms. The number of carbonyl (C=O) groups excluding carboxylic acids is 10. The summed E-state index contributed by atoms with van der Waals surface area (Å²) < 4.78 is 54.6. The van der Waals surface area contributed by atoms with E-state index in [1.165, 1.54) is 0 Å². The predicted molar refractivity (Wildman–Crippen MR) is 469 cm³/mol. The molecule has 36 heteroatoms. The van der Waals surface area contributed by atoms with E-state index in [1.54, 1.807) is 101 Å². The minimum atomic E-state index is -3.82. The molecule has 0 radical (unpaired) electrons. The first-order chi connectivity index (χ1) is 57.7. The summed E-state index contributed by atoms with van der Waals surface area (Å²) in [4.78, 5) is 143. The van der Waals surface area contributed by atoms with Crippen molar-refractivity contribution in [3.8, 4) is 0 Å². The third-order valence-corrected chi connectivity index (χ3v) is 24.8. The molecule has 6 aliphatic rings. The zero-order chi connectivity index (χ0) is 89.8. The number of aliphatic hydroxyl groups excluding tert-OH is 1. The van der Waals surface area contributed by atoms with Crippen LogP contribution in [0.25, 0.3) is 0 Å². The molecule has 4 unspecified atom stereocenters. The van der Waals surface area contributed by atoms with Gasteiger partial charge in [-0.1, -0.05) is 133 Å². The fraction of sp³-hybridized carbons (Fsp3) is 0.674. The molecule has 3 aromatic carbocycles. The second-order valence-corrected chi connectivity index (χ2v) is 38.0. The Balaban J connectivity index is 0.000000258. The van der Waals surface area contributed by atoms with E-state index >= 15 is 0 Å². The minimum absolute atomic E-state index is 0.0212. The maximum absolute atomic E-state index is 14.1. The summed E-state index contributed by atoms with van der Waals surface area (Å²) in [5, 5.41) is 22.8. The van der Waals surface area contributed by atoms with Crippen molar-refractivity contribution in [1.82, 2.24) is 50.7 Å². The monoisotopic (exact) mass is 1840 g/mol. The van der Waals surface area contributed by atoms with Crippen LogP contribution in [0.4, 0.5) is 9.59 Å². The summed E-state index contributed by atoms with van der Waals surface area (Å²) >= 11 is 37.3. The van der Waals surface area contributed by atoms with Crippen molar-refractivity contribution in [3.05, 3.63) is 101 Å². The van der Waals surface area contributed by atoms with Crippen molar-refractivity contribution in [2.45, 2.75) is 232 Å². The zero-order valence-electron chi connectivity index (χ0n) is 72.2. The van der Waals surface area contributed by atoms with Crippen molar-refractivity contribution in [3.63, 3.8) is 0 Å². The van der Waals surface area contributed by atoms with Gasteiger partial charge in [0, 0.05) is 159 Å². The zero-order valence-corrected chi connectivity index (χ0v) is 77.6. The average Bonchev–Trinajstić information content (AvgIpc) is 0.821. The number of benzene rings is 3. The number of hydrogen-bond acceptors (Lipinski definition) is 22. The molecule has 3 saturated carbocycles. The van der Waals surface area contributed by atoms with E-state index in [0.29, 0.717) is 133 Å². The fourth-order valence-electron chi connectivity index (χ4n) is 16.5. The summed E-state index contributed by atoms with van der Waals surface area (Å²) in [6.07, 6.45) is 11.1. The van der Waals surface area contributed by atoms with Gasteiger partial charge in [-0.15, -0.1) is 0 Å². The molecule has 3 heterocycles. The van der Waals surface area contributed by atoms with E-state index in [1.807, 2.05) is 37.8 Å². The number of esters is 3. The quantitative estimate of drug-likeness (QED) is 0.0235. The van der Waals surface area contributed by atoms with Crippen LogP contribution in [0.1, 0.15) is 176 Å². The molecule has 7 amide bonds. The number of rotatable bonds is 30. The van der Waals surface area contributed by atoms with Gasteiger partial charge in [0.15, 0.2) is 0 Å². The summed E-state index contributed by atoms with van der Waals surface area (Å²) in [5.41, 5.74) is 0.472. The molecule has 3 saturated heterocycles. The topological polar surface area (TPSA) is 348 Å². The Morgan fingerprint density at radius 3 is 1.03 bits per heavy atom. The Morgan fingerprint density at radius 2 is 0.738 bits per heavy atom. The lowest BCUT2D eigenvalue weighted by molar-refractivity contribution is -0.153. The smallest absolute Gasteiger partial charge is 0.408 e. The standard InChI is InChI=1S/C32H48Cl2N4O9S.C31H46Cl2N4O7.C23H32Cl2N2O3/c1-6-45-30(41)23-9-7-8-10-27(23)37-14-16-38(17-15-37)29(40)26(19-21-11-12-22(33)20-24(21)34)35-28(39)25(13-18-46-48(5,43)44)36-31(42)47-32(2,3)4;1-5-43-29(41)22-8-6-7-9-26(22)36-13-15-37(16-14-36)28(40)25(18-20-10-11-21(32)19-23(20)33)34-27(39)24(12-17-38)35-30(42)44-31(2,3)4;1-3-30-23(29)19-6-4-5-7-21(19)26-10-12-27(13-11-26)22(28)16(2)14-17-8-9-18(24)15-20(17)25/h11-12,20,23,25-27H,6-10,13-19H2,1-5H3,(H,35,39)(H,36,42);10-11,19,22,24-26,38H,5-9,12-18H2,1-4H3,(H,34,39)(H,35,42);8-9,15-16,19,21H,3-7,10-14H2,1-2H3/t23-,25?,26?,27-;22-,24?,25?,26-;16-,19-,21-/m111/s1. The van der Waals surface area contributed by atoms with Gasteiger partial charge in [-0.3, -0.25) is 57.2 Å². The number of alkyl carbamates (subject to hydrolysis) is 2. The molecule has 3 aliphatic carbocycles. The van der Waals surface area contributed by atoms with Crippen LogP contribution in [0.5, 0.6) is 0 Å². The van der Waals surface area contributed by atoms with Crippen molar-refractivity contribution in [2.24, 2.45) is 23.7 Å². The first-order valence-corrected chi connectivity index (χ1v) is 46.7. The summed E-state index contributed by atoms with van der Waals surface area (Å²) in [6.45, 7) is 24.7. The minimum Gasteiger partial charge on any atom is -0.466 e. The van der Waals surface area contributed by atoms with Crippen LogP contribution >= 0.6 is 69.6 Å². The lowest BCUT2D eigenvalue weighted by atomic mass is 9.83. The van der Waals surface area contributed by atoms with Gasteiger partial charge in [-0.25, -0.2) is 9.59 Å². The Hall–Kier alpha value is -6.55. The maximum atomic E-state index is 14.1. The highest BCUT2D eigenvalue weighted by molar-refractivity contribution is 7.86. The highest BCUT2D eigenvalue weighted by atomic mass is 35.5. The number of hydrogen-bond donors (Lipinski definition) is 5. The van der Waals surface area contributed by atoms with Crippen LogP contribution in [-0.4, -0.2) is 274 Å². The van der Waals surface area contributed by atoms with Crippen LogP contribution in [0.3, 0.4) is 0 Å². The van der Waals surface area contributed by atoms with Crippen LogP contribution in [0.15, 0.2) is 54.6 Å². The summed E-state index contributed by atoms with van der Waals surface area (Å²) in [7, 11) is -3.82. The largest absolute Gasteiger partial charge is 0.466 e. The molecule has 682 valence electrons. The van der Waals surface area contributed by atoms with Gasteiger partial charge in [-0.05, 0) is 167 Å². The predicted octanol–water partition coefficient (Wildman–Crippen LogP) is 11.5. The number of nitrogens with one attached hydrogen (secondary N) is 4. The first-order valence-electron chi connectivity index (χ1n) is 42.7. The molecule has 3 aliphatic heterocycles. The van der Waals surface area contributed by atoms with E-state index in [4.69, 9.17) is 97.5 Å². The van der Waals surface area contributed by atoms with Crippen LogP contribution < -0.4 is 21.3 Å². The Kier molecular flexibility index (Phi) is 41.6. The Labute approximate surface area is 749 Å². The highest BCUT2D eigenvalue weighted by Crippen LogP contribution is 2.35. The lowest BCUT2D eigenvalue weighted by Crippen LogP contribution is -2.60. The Bertz CT molecular complexity index is 4100. The summed E-state index contributed by atoms with van der Waals surface area (Å²) in [5.74, 6) is -2.82. The second kappa shape index (κ2) is 49.5. The van der Waals surface area contributed by atoms with Gasteiger partial charge in [-0.2, -0.15) is 8.42 Å². The molecular formula is C86H126Cl6N10O19S. The van der Waals surface area contributed by atoms with Crippen LogP contribution in [0.2, 0.25) is 30.1 Å². The van der Waals surface area contributed by atoms with E-state index in [2.05, 4.69) is 36.0 Å². The normalized spacial score (nSPS) is 21.3. The molecule has 5 N–H and O–H groups in total. The molecule has 9 rings (SSSR count). The van der Waals surface area contributed by atoms with Gasteiger partial charge < -0.3 is 64.8 Å². The van der Waals surface area contributed by atoms with Gasteiger partial charge in [0.25, 0.3) is 10.1 Å². The molecule has 11 atom stereocenters. The Morgan fingerprint density at radius 1 is 0.434 bits per heavy atom.